The Labute approximate surface area is 95.5 Å². The largest absolute Gasteiger partial charge is 0.393 e. The van der Waals surface area contributed by atoms with Crippen molar-refractivity contribution >= 4 is 5.91 Å². The Balaban J connectivity index is 1.91. The van der Waals surface area contributed by atoms with Crippen LogP contribution in [0.3, 0.4) is 0 Å². The van der Waals surface area contributed by atoms with Crippen molar-refractivity contribution in [2.24, 2.45) is 17.6 Å². The number of aliphatic hydroxyl groups excluding tert-OH is 1. The molecular weight excluding hydrogens is 208 g/mol. The van der Waals surface area contributed by atoms with Gasteiger partial charge in [-0.2, -0.15) is 0 Å². The second-order valence-electron chi connectivity index (χ2n) is 4.88. The fraction of sp³-hybridized carbons (Fsp3) is 0.909. The molecule has 0 aromatic rings. The second-order valence-corrected chi connectivity index (χ2v) is 4.88. The summed E-state index contributed by atoms with van der Waals surface area (Å²) in [5.74, 6) is 0.114. The number of carbonyl (C=O) groups excluding carboxylic acids is 1. The number of carbonyl (C=O) groups is 1. The van der Waals surface area contributed by atoms with Crippen LogP contribution in [0.1, 0.15) is 13.3 Å². The summed E-state index contributed by atoms with van der Waals surface area (Å²) in [4.78, 5) is 13.9. The number of likely N-dealkylation sites (tertiary alicyclic amines) is 1. The van der Waals surface area contributed by atoms with E-state index in [-0.39, 0.29) is 29.9 Å². The number of aliphatic hydroxyl groups is 1. The Bertz CT molecular complexity index is 270. The molecule has 0 saturated carbocycles. The van der Waals surface area contributed by atoms with Crippen molar-refractivity contribution < 1.29 is 14.6 Å². The van der Waals surface area contributed by atoms with Gasteiger partial charge in [-0.1, -0.05) is 0 Å². The lowest BCUT2D eigenvalue weighted by molar-refractivity contribution is -0.134. The highest BCUT2D eigenvalue weighted by atomic mass is 16.5. The van der Waals surface area contributed by atoms with Crippen molar-refractivity contribution in [3.05, 3.63) is 0 Å². The summed E-state index contributed by atoms with van der Waals surface area (Å²) < 4.78 is 5.20. The highest BCUT2D eigenvalue weighted by molar-refractivity contribution is 5.80. The third-order valence-electron chi connectivity index (χ3n) is 3.66. The number of nitrogens with two attached hydrogens (primary N) is 1. The summed E-state index contributed by atoms with van der Waals surface area (Å²) in [7, 11) is 0. The molecule has 2 aliphatic heterocycles. The maximum atomic E-state index is 12.1. The zero-order valence-electron chi connectivity index (χ0n) is 9.63. The maximum absolute atomic E-state index is 12.1. The van der Waals surface area contributed by atoms with Gasteiger partial charge in [0.1, 0.15) is 0 Å². The number of ether oxygens (including phenoxy) is 1. The molecule has 2 saturated heterocycles. The quantitative estimate of drug-likeness (QED) is 0.648. The van der Waals surface area contributed by atoms with Gasteiger partial charge in [-0.15, -0.1) is 0 Å². The molecule has 0 spiro atoms. The van der Waals surface area contributed by atoms with E-state index in [0.717, 1.165) is 13.0 Å². The SMILES string of the molecule is CC(O)C1CCN(C(=O)C2COCC2N)C1. The van der Waals surface area contributed by atoms with Gasteiger partial charge in [-0.3, -0.25) is 4.79 Å². The average molecular weight is 228 g/mol. The van der Waals surface area contributed by atoms with Gasteiger partial charge in [0.25, 0.3) is 0 Å². The van der Waals surface area contributed by atoms with E-state index in [4.69, 9.17) is 10.5 Å². The molecule has 92 valence electrons. The van der Waals surface area contributed by atoms with Gasteiger partial charge in [0.05, 0.1) is 25.2 Å². The molecule has 2 heterocycles. The molecule has 4 unspecified atom stereocenters. The van der Waals surface area contributed by atoms with Crippen LogP contribution in [0, 0.1) is 11.8 Å². The molecule has 5 nitrogen and oxygen atoms in total. The summed E-state index contributed by atoms with van der Waals surface area (Å²) in [6.07, 6.45) is 0.540. The van der Waals surface area contributed by atoms with Crippen molar-refractivity contribution in [2.45, 2.75) is 25.5 Å². The van der Waals surface area contributed by atoms with Crippen molar-refractivity contribution in [3.8, 4) is 0 Å². The number of hydrogen-bond acceptors (Lipinski definition) is 4. The summed E-state index contributed by atoms with van der Waals surface area (Å²) in [6, 6.07) is -0.168. The summed E-state index contributed by atoms with van der Waals surface area (Å²) in [6.45, 7) is 4.08. The summed E-state index contributed by atoms with van der Waals surface area (Å²) in [5, 5.41) is 9.48. The van der Waals surface area contributed by atoms with Crippen molar-refractivity contribution in [2.75, 3.05) is 26.3 Å². The monoisotopic (exact) mass is 228 g/mol. The van der Waals surface area contributed by atoms with Crippen LogP contribution in [-0.2, 0) is 9.53 Å². The minimum atomic E-state index is -0.341. The van der Waals surface area contributed by atoms with Gasteiger partial charge in [0.15, 0.2) is 0 Å². The Morgan fingerprint density at radius 3 is 2.81 bits per heavy atom. The van der Waals surface area contributed by atoms with E-state index in [1.807, 2.05) is 4.90 Å². The number of amides is 1. The molecule has 0 aromatic heterocycles. The lowest BCUT2D eigenvalue weighted by Crippen LogP contribution is -2.43. The molecule has 4 atom stereocenters. The van der Waals surface area contributed by atoms with Crippen LogP contribution >= 0.6 is 0 Å². The molecule has 5 heteroatoms. The molecule has 0 radical (unpaired) electrons. The van der Waals surface area contributed by atoms with E-state index in [9.17, 15) is 9.90 Å². The normalized spacial score (nSPS) is 36.7. The molecule has 0 aliphatic carbocycles. The molecule has 3 N–H and O–H groups in total. The fourth-order valence-corrected chi connectivity index (χ4v) is 2.44. The van der Waals surface area contributed by atoms with Crippen LogP contribution in [-0.4, -0.2) is 54.4 Å². The highest BCUT2D eigenvalue weighted by Gasteiger charge is 2.37. The predicted octanol–water partition coefficient (Wildman–Crippen LogP) is -0.811. The topological polar surface area (TPSA) is 75.8 Å². The zero-order chi connectivity index (χ0) is 11.7. The summed E-state index contributed by atoms with van der Waals surface area (Å²) in [5.41, 5.74) is 5.82. The number of rotatable bonds is 2. The Morgan fingerprint density at radius 1 is 1.56 bits per heavy atom. The second kappa shape index (κ2) is 4.69. The lowest BCUT2D eigenvalue weighted by Gasteiger charge is -2.22. The Kier molecular flexibility index (Phi) is 3.47. The highest BCUT2D eigenvalue weighted by Crippen LogP contribution is 2.23. The molecule has 2 aliphatic rings. The smallest absolute Gasteiger partial charge is 0.229 e. The van der Waals surface area contributed by atoms with E-state index in [1.54, 1.807) is 6.92 Å². The number of nitrogens with zero attached hydrogens (tertiary/aromatic N) is 1. The fourth-order valence-electron chi connectivity index (χ4n) is 2.44. The van der Waals surface area contributed by atoms with Crippen LogP contribution in [0.25, 0.3) is 0 Å². The van der Waals surface area contributed by atoms with Crippen molar-refractivity contribution in [3.63, 3.8) is 0 Å². The average Bonchev–Trinajstić information content (AvgIpc) is 2.84. The maximum Gasteiger partial charge on any atom is 0.229 e. The van der Waals surface area contributed by atoms with E-state index < -0.39 is 0 Å². The molecule has 2 rings (SSSR count). The van der Waals surface area contributed by atoms with E-state index in [2.05, 4.69) is 0 Å². The van der Waals surface area contributed by atoms with Gasteiger partial charge in [-0.05, 0) is 13.3 Å². The first kappa shape index (κ1) is 11.8. The lowest BCUT2D eigenvalue weighted by atomic mass is 10.0. The van der Waals surface area contributed by atoms with Gasteiger partial charge < -0.3 is 20.5 Å². The van der Waals surface area contributed by atoms with Gasteiger partial charge in [-0.25, -0.2) is 0 Å². The van der Waals surface area contributed by atoms with Gasteiger partial charge in [0.2, 0.25) is 5.91 Å². The molecule has 16 heavy (non-hydrogen) atoms. The predicted molar refractivity (Wildman–Crippen MR) is 58.7 cm³/mol. The zero-order valence-corrected chi connectivity index (χ0v) is 9.63. The van der Waals surface area contributed by atoms with Crippen LogP contribution in [0.2, 0.25) is 0 Å². The van der Waals surface area contributed by atoms with Crippen LogP contribution < -0.4 is 5.73 Å². The molecule has 1 amide bonds. The minimum Gasteiger partial charge on any atom is -0.393 e. The first-order chi connectivity index (χ1) is 7.59. The van der Waals surface area contributed by atoms with Crippen LogP contribution in [0.5, 0.6) is 0 Å². The molecular formula is C11H20N2O3. The Hall–Kier alpha value is -0.650. The van der Waals surface area contributed by atoms with Crippen LogP contribution in [0.15, 0.2) is 0 Å². The standard InChI is InChI=1S/C11H20N2O3/c1-7(14)8-2-3-13(4-8)11(15)9-5-16-6-10(9)12/h7-10,14H,2-6,12H2,1H3. The Morgan fingerprint density at radius 2 is 2.31 bits per heavy atom. The van der Waals surface area contributed by atoms with Gasteiger partial charge in [0, 0.05) is 25.0 Å². The molecule has 0 aromatic carbocycles. The van der Waals surface area contributed by atoms with E-state index >= 15 is 0 Å². The third-order valence-corrected chi connectivity index (χ3v) is 3.66. The summed E-state index contributed by atoms with van der Waals surface area (Å²) >= 11 is 0. The van der Waals surface area contributed by atoms with E-state index in [1.165, 1.54) is 0 Å². The van der Waals surface area contributed by atoms with Gasteiger partial charge >= 0.3 is 0 Å². The first-order valence-electron chi connectivity index (χ1n) is 5.89. The molecule has 0 bridgehead atoms. The molecule has 2 fully saturated rings. The third kappa shape index (κ3) is 2.21. The van der Waals surface area contributed by atoms with Crippen LogP contribution in [0.4, 0.5) is 0 Å². The minimum absolute atomic E-state index is 0.0909. The number of hydrogen-bond donors (Lipinski definition) is 2. The van der Waals surface area contributed by atoms with Crippen molar-refractivity contribution in [1.29, 1.82) is 0 Å². The van der Waals surface area contributed by atoms with Crippen molar-refractivity contribution in [1.82, 2.24) is 4.90 Å². The first-order valence-corrected chi connectivity index (χ1v) is 5.89. The van der Waals surface area contributed by atoms with E-state index in [0.29, 0.717) is 19.8 Å².